The van der Waals surface area contributed by atoms with Gasteiger partial charge in [0, 0.05) is 18.6 Å². The van der Waals surface area contributed by atoms with Crippen LogP contribution in [0.3, 0.4) is 0 Å². The van der Waals surface area contributed by atoms with Crippen LogP contribution < -0.4 is 0 Å². The fraction of sp³-hybridized carbons (Fsp3) is 0.111. The highest BCUT2D eigenvalue weighted by molar-refractivity contribution is 5.50. The van der Waals surface area contributed by atoms with Gasteiger partial charge in [-0.25, -0.2) is 4.98 Å². The zero-order chi connectivity index (χ0) is 7.68. The average Bonchev–Trinajstić information content (AvgIpc) is 2.50. The van der Waals surface area contributed by atoms with Crippen LogP contribution in [0.1, 0.15) is 12.5 Å². The van der Waals surface area contributed by atoms with Crippen LogP contribution in [0, 0.1) is 6.42 Å². The van der Waals surface area contributed by atoms with E-state index in [1.165, 1.54) is 5.56 Å². The van der Waals surface area contributed by atoms with Gasteiger partial charge in [-0.2, -0.15) is 0 Å². The third kappa shape index (κ3) is 0.909. The zero-order valence-electron chi connectivity index (χ0n) is 6.36. The van der Waals surface area contributed by atoms with Crippen molar-refractivity contribution in [1.29, 1.82) is 0 Å². The average molecular weight is 145 g/mol. The smallest absolute Gasteiger partial charge is 0.140 e. The molecule has 0 unspecified atom stereocenters. The highest BCUT2D eigenvalue weighted by Gasteiger charge is 1.97. The number of rotatable bonds is 1. The molecule has 55 valence electrons. The molecule has 1 radical (unpaired) electrons. The van der Waals surface area contributed by atoms with Crippen molar-refractivity contribution in [3.63, 3.8) is 0 Å². The Hall–Kier alpha value is -1.31. The molecule has 2 nitrogen and oxygen atoms in total. The summed E-state index contributed by atoms with van der Waals surface area (Å²) in [5.74, 6) is 0. The number of pyridine rings is 1. The highest BCUT2D eigenvalue weighted by Crippen LogP contribution is 2.09. The van der Waals surface area contributed by atoms with Gasteiger partial charge >= 0.3 is 0 Å². The van der Waals surface area contributed by atoms with E-state index >= 15 is 0 Å². The molecule has 0 spiro atoms. The van der Waals surface area contributed by atoms with Gasteiger partial charge in [0.15, 0.2) is 0 Å². The normalized spacial score (nSPS) is 10.6. The number of imidazole rings is 1. The first-order valence-electron chi connectivity index (χ1n) is 3.63. The summed E-state index contributed by atoms with van der Waals surface area (Å²) in [6.45, 7) is 2.02. The predicted octanol–water partition coefficient (Wildman–Crippen LogP) is 1.91. The minimum Gasteiger partial charge on any atom is -0.307 e. The van der Waals surface area contributed by atoms with Crippen LogP contribution >= 0.6 is 0 Å². The molecule has 0 fully saturated rings. The van der Waals surface area contributed by atoms with Crippen molar-refractivity contribution < 1.29 is 0 Å². The second kappa shape index (κ2) is 2.38. The lowest BCUT2D eigenvalue weighted by Gasteiger charge is -1.97. The Kier molecular flexibility index (Phi) is 1.39. The summed E-state index contributed by atoms with van der Waals surface area (Å²) in [5.41, 5.74) is 2.20. The maximum absolute atomic E-state index is 4.22. The molecule has 2 aromatic heterocycles. The molecule has 2 aromatic rings. The molecule has 2 heterocycles. The van der Waals surface area contributed by atoms with Gasteiger partial charge in [-0.05, 0) is 18.1 Å². The van der Waals surface area contributed by atoms with Gasteiger partial charge in [-0.15, -0.1) is 0 Å². The number of fused-ring (bicyclic) bond motifs is 1. The molecule has 0 aliphatic heterocycles. The van der Waals surface area contributed by atoms with Crippen LogP contribution in [0.15, 0.2) is 30.7 Å². The van der Waals surface area contributed by atoms with Crippen molar-refractivity contribution in [2.75, 3.05) is 0 Å². The van der Waals surface area contributed by atoms with Gasteiger partial charge in [-0.1, -0.05) is 13.0 Å². The number of aromatic nitrogens is 2. The molecule has 0 aliphatic rings. The number of hydrogen-bond donors (Lipinski definition) is 0. The van der Waals surface area contributed by atoms with E-state index in [0.29, 0.717) is 0 Å². The van der Waals surface area contributed by atoms with E-state index in [-0.39, 0.29) is 0 Å². The summed E-state index contributed by atoms with van der Waals surface area (Å²) in [7, 11) is 0. The van der Waals surface area contributed by atoms with Crippen LogP contribution in [0.2, 0.25) is 0 Å². The molecule has 11 heavy (non-hydrogen) atoms. The summed E-state index contributed by atoms with van der Waals surface area (Å²) in [4.78, 5) is 4.22. The number of nitrogens with zero attached hydrogens (tertiary/aromatic N) is 2. The van der Waals surface area contributed by atoms with Gasteiger partial charge in [0.1, 0.15) is 5.65 Å². The lowest BCUT2D eigenvalue weighted by Crippen LogP contribution is -1.87. The van der Waals surface area contributed by atoms with E-state index < -0.39 is 0 Å². The first kappa shape index (κ1) is 6.40. The number of hydrogen-bond acceptors (Lipinski definition) is 1. The zero-order valence-corrected chi connectivity index (χ0v) is 6.36. The van der Waals surface area contributed by atoms with Gasteiger partial charge < -0.3 is 4.40 Å². The van der Waals surface area contributed by atoms with Crippen molar-refractivity contribution in [2.24, 2.45) is 0 Å². The van der Waals surface area contributed by atoms with Crippen LogP contribution in [0.5, 0.6) is 0 Å². The summed E-state index contributed by atoms with van der Waals surface area (Å²) < 4.78 is 2.01. The molecule has 0 saturated carbocycles. The molecule has 0 aromatic carbocycles. The van der Waals surface area contributed by atoms with Gasteiger partial charge in [0.2, 0.25) is 0 Å². The maximum atomic E-state index is 4.22. The molecule has 2 heteroatoms. The Balaban J connectivity index is 2.79. The second-order valence-electron chi connectivity index (χ2n) is 2.41. The Morgan fingerprint density at radius 3 is 3.18 bits per heavy atom. The third-order valence-electron chi connectivity index (χ3n) is 1.76. The summed E-state index contributed by atoms with van der Waals surface area (Å²) in [6, 6.07) is 4.08. The first-order valence-corrected chi connectivity index (χ1v) is 3.63. The minimum absolute atomic E-state index is 1.02. The summed E-state index contributed by atoms with van der Waals surface area (Å²) in [5, 5.41) is 0. The maximum Gasteiger partial charge on any atom is 0.140 e. The molecule has 0 amide bonds. The fourth-order valence-electron chi connectivity index (χ4n) is 1.20. The molecule has 0 N–H and O–H groups in total. The van der Waals surface area contributed by atoms with E-state index in [2.05, 4.69) is 17.5 Å². The molecule has 0 saturated heterocycles. The third-order valence-corrected chi connectivity index (χ3v) is 1.76. The lowest BCUT2D eigenvalue weighted by molar-refractivity contribution is 1.16. The van der Waals surface area contributed by atoms with Crippen LogP contribution in [0.4, 0.5) is 0 Å². The van der Waals surface area contributed by atoms with Crippen molar-refractivity contribution in [1.82, 2.24) is 9.38 Å². The van der Waals surface area contributed by atoms with Crippen molar-refractivity contribution in [3.05, 3.63) is 42.7 Å². The van der Waals surface area contributed by atoms with Crippen molar-refractivity contribution >= 4 is 5.65 Å². The molecule has 0 bridgehead atoms. The Labute approximate surface area is 65.5 Å². The molecule has 0 atom stereocenters. The minimum atomic E-state index is 1.02. The quantitative estimate of drug-likeness (QED) is 0.599. The first-order chi connectivity index (χ1) is 5.42. The highest BCUT2D eigenvalue weighted by atomic mass is 15.0. The second-order valence-corrected chi connectivity index (χ2v) is 2.41. The van der Waals surface area contributed by atoms with Crippen LogP contribution in [-0.2, 0) is 0 Å². The fourth-order valence-corrected chi connectivity index (χ4v) is 1.20. The van der Waals surface area contributed by atoms with E-state index in [0.717, 1.165) is 5.65 Å². The van der Waals surface area contributed by atoms with E-state index in [9.17, 15) is 0 Å². The lowest BCUT2D eigenvalue weighted by atomic mass is 10.2. The molecule has 2 rings (SSSR count). The Morgan fingerprint density at radius 1 is 1.45 bits per heavy atom. The predicted molar refractivity (Wildman–Crippen MR) is 44.3 cm³/mol. The standard InChI is InChI=1S/C9H9N2/c1-2-8-4-3-6-11-7-5-10-9(8)11/h2-7H,1H3. The largest absolute Gasteiger partial charge is 0.307 e. The van der Waals surface area contributed by atoms with Gasteiger partial charge in [-0.3, -0.25) is 0 Å². The van der Waals surface area contributed by atoms with E-state index in [1.807, 2.05) is 36.0 Å². The van der Waals surface area contributed by atoms with Crippen LogP contribution in [-0.4, -0.2) is 9.38 Å². The van der Waals surface area contributed by atoms with Gasteiger partial charge in [0.25, 0.3) is 0 Å². The van der Waals surface area contributed by atoms with E-state index in [4.69, 9.17) is 0 Å². The molecular formula is C9H9N2. The van der Waals surface area contributed by atoms with Crippen molar-refractivity contribution in [2.45, 2.75) is 6.92 Å². The monoisotopic (exact) mass is 145 g/mol. The Morgan fingerprint density at radius 2 is 2.36 bits per heavy atom. The summed E-state index contributed by atoms with van der Waals surface area (Å²) in [6.07, 6.45) is 7.81. The molecular weight excluding hydrogens is 136 g/mol. The Bertz CT molecular complexity index is 362. The van der Waals surface area contributed by atoms with Crippen molar-refractivity contribution in [3.8, 4) is 0 Å². The van der Waals surface area contributed by atoms with Crippen LogP contribution in [0.25, 0.3) is 5.65 Å². The van der Waals surface area contributed by atoms with E-state index in [1.54, 1.807) is 0 Å². The van der Waals surface area contributed by atoms with Gasteiger partial charge in [0.05, 0.1) is 0 Å². The molecule has 0 aliphatic carbocycles. The topological polar surface area (TPSA) is 17.3 Å². The summed E-state index contributed by atoms with van der Waals surface area (Å²) >= 11 is 0. The SMILES string of the molecule is C[CH]c1cccn2ccnc12.